The van der Waals surface area contributed by atoms with E-state index in [-0.39, 0.29) is 23.0 Å². The Morgan fingerprint density at radius 1 is 1.18 bits per heavy atom. The Kier molecular flexibility index (Phi) is 6.20. The zero-order valence-electron chi connectivity index (χ0n) is 15.9. The number of carbonyl (C=O) groups excluding carboxylic acids is 2. The van der Waals surface area contributed by atoms with Crippen LogP contribution in [0.15, 0.2) is 35.2 Å². The van der Waals surface area contributed by atoms with Crippen molar-refractivity contribution in [2.75, 3.05) is 5.75 Å². The quantitative estimate of drug-likeness (QED) is 0.728. The monoisotopic (exact) mass is 420 g/mol. The minimum Gasteiger partial charge on any atom is -0.273 e. The molecule has 1 aliphatic carbocycles. The molecule has 1 heterocycles. The van der Waals surface area contributed by atoms with E-state index in [2.05, 4.69) is 17.8 Å². The highest BCUT2D eigenvalue weighted by Gasteiger charge is 2.21. The molecule has 3 rings (SSSR count). The minimum absolute atomic E-state index is 0.188. The Morgan fingerprint density at radius 2 is 1.89 bits per heavy atom. The highest BCUT2D eigenvalue weighted by molar-refractivity contribution is 7.91. The number of amides is 2. The summed E-state index contributed by atoms with van der Waals surface area (Å²) in [6, 6.07) is 8.38. The van der Waals surface area contributed by atoms with Gasteiger partial charge in [0.05, 0.1) is 15.5 Å². The summed E-state index contributed by atoms with van der Waals surface area (Å²) < 4.78 is 24.6. The molecule has 6 nitrogen and oxygen atoms in total. The first kappa shape index (κ1) is 20.5. The van der Waals surface area contributed by atoms with Crippen LogP contribution in [0.25, 0.3) is 0 Å². The van der Waals surface area contributed by atoms with Gasteiger partial charge >= 0.3 is 0 Å². The molecular weight excluding hydrogens is 396 g/mol. The van der Waals surface area contributed by atoms with Crippen molar-refractivity contribution < 1.29 is 18.0 Å². The smallest absolute Gasteiger partial charge is 0.273 e. The van der Waals surface area contributed by atoms with Crippen LogP contribution in [-0.2, 0) is 27.5 Å². The number of hydrogen-bond acceptors (Lipinski definition) is 5. The number of benzene rings is 1. The van der Waals surface area contributed by atoms with Gasteiger partial charge in [-0.3, -0.25) is 20.4 Å². The lowest BCUT2D eigenvalue weighted by Crippen LogP contribution is -2.41. The molecule has 0 bridgehead atoms. The summed E-state index contributed by atoms with van der Waals surface area (Å²) in [6.45, 7) is 4.07. The molecule has 1 aliphatic rings. The summed E-state index contributed by atoms with van der Waals surface area (Å²) >= 11 is 1.45. The highest BCUT2D eigenvalue weighted by Crippen LogP contribution is 2.32. The Hall–Kier alpha value is -2.19. The van der Waals surface area contributed by atoms with E-state index in [1.165, 1.54) is 33.9 Å². The second-order valence-corrected chi connectivity index (χ2v) is 10.5. The van der Waals surface area contributed by atoms with Gasteiger partial charge in [-0.2, -0.15) is 0 Å². The molecule has 150 valence electrons. The van der Waals surface area contributed by atoms with Crippen LogP contribution in [0.3, 0.4) is 0 Å². The van der Waals surface area contributed by atoms with Gasteiger partial charge in [-0.25, -0.2) is 8.42 Å². The van der Waals surface area contributed by atoms with Gasteiger partial charge in [0.2, 0.25) is 5.91 Å². The summed E-state index contributed by atoms with van der Waals surface area (Å²) in [5, 5.41) is 0. The fourth-order valence-corrected chi connectivity index (χ4v) is 5.50. The lowest BCUT2D eigenvalue weighted by molar-refractivity contribution is -0.121. The van der Waals surface area contributed by atoms with Crippen LogP contribution in [0.4, 0.5) is 0 Å². The van der Waals surface area contributed by atoms with E-state index in [9.17, 15) is 18.0 Å². The normalized spacial score (nSPS) is 16.3. The molecule has 0 saturated heterocycles. The van der Waals surface area contributed by atoms with Crippen molar-refractivity contribution in [3.8, 4) is 0 Å². The second-order valence-electron chi connectivity index (χ2n) is 7.29. The van der Waals surface area contributed by atoms with Crippen LogP contribution >= 0.6 is 11.3 Å². The summed E-state index contributed by atoms with van der Waals surface area (Å²) in [5.41, 5.74) is 6.86. The molecule has 8 heteroatoms. The van der Waals surface area contributed by atoms with Gasteiger partial charge < -0.3 is 0 Å². The highest BCUT2D eigenvalue weighted by atomic mass is 32.2. The van der Waals surface area contributed by atoms with Gasteiger partial charge in [-0.05, 0) is 55.9 Å². The van der Waals surface area contributed by atoms with Crippen LogP contribution in [0.1, 0.15) is 45.4 Å². The van der Waals surface area contributed by atoms with Crippen molar-refractivity contribution in [3.05, 3.63) is 51.2 Å². The molecule has 1 atom stereocenters. The molecular formula is C20H24N2O4S2. The van der Waals surface area contributed by atoms with E-state index in [1.807, 2.05) is 13.0 Å². The molecule has 2 aromatic rings. The molecule has 0 radical (unpaired) electrons. The molecule has 1 aromatic carbocycles. The third-order valence-electron chi connectivity index (χ3n) is 4.85. The van der Waals surface area contributed by atoms with Crippen LogP contribution < -0.4 is 10.9 Å². The van der Waals surface area contributed by atoms with Gasteiger partial charge in [-0.1, -0.05) is 24.6 Å². The molecule has 0 spiro atoms. The summed E-state index contributed by atoms with van der Waals surface area (Å²) in [6.07, 6.45) is 2.86. The predicted molar refractivity (Wildman–Crippen MR) is 109 cm³/mol. The van der Waals surface area contributed by atoms with E-state index in [0.717, 1.165) is 24.8 Å². The van der Waals surface area contributed by atoms with E-state index in [4.69, 9.17) is 0 Å². The number of fused-ring (bicyclic) bond motifs is 1. The average Bonchev–Trinajstić information content (AvgIpc) is 3.08. The van der Waals surface area contributed by atoms with Gasteiger partial charge in [0.25, 0.3) is 5.91 Å². The molecule has 0 saturated carbocycles. The lowest BCUT2D eigenvalue weighted by Gasteiger charge is -2.16. The fraction of sp³-hybridized carbons (Fsp3) is 0.400. The number of thiophene rings is 1. The Morgan fingerprint density at radius 3 is 2.61 bits per heavy atom. The van der Waals surface area contributed by atoms with Gasteiger partial charge in [0.1, 0.15) is 0 Å². The molecule has 28 heavy (non-hydrogen) atoms. The Labute approximate surface area is 169 Å². The average molecular weight is 421 g/mol. The molecule has 2 N–H and O–H groups in total. The molecule has 0 fully saturated rings. The minimum atomic E-state index is -3.54. The third kappa shape index (κ3) is 4.99. The molecule has 0 unspecified atom stereocenters. The largest absolute Gasteiger partial charge is 0.279 e. The van der Waals surface area contributed by atoms with Crippen molar-refractivity contribution in [2.45, 2.75) is 44.4 Å². The number of rotatable bonds is 5. The first-order chi connectivity index (χ1) is 13.2. The first-order valence-corrected chi connectivity index (χ1v) is 11.7. The molecule has 1 aromatic heterocycles. The van der Waals surface area contributed by atoms with Gasteiger partial charge in [0.15, 0.2) is 9.84 Å². The van der Waals surface area contributed by atoms with E-state index in [1.54, 1.807) is 12.1 Å². The van der Waals surface area contributed by atoms with Crippen LogP contribution in [0, 0.1) is 12.8 Å². The van der Waals surface area contributed by atoms with Crippen molar-refractivity contribution in [2.24, 2.45) is 5.92 Å². The van der Waals surface area contributed by atoms with Crippen molar-refractivity contribution in [1.29, 1.82) is 0 Å². The molecule has 2 amide bonds. The Bertz CT molecular complexity index is 978. The summed E-state index contributed by atoms with van der Waals surface area (Å²) in [4.78, 5) is 26.2. The van der Waals surface area contributed by atoms with E-state index >= 15 is 0 Å². The third-order valence-corrected chi connectivity index (χ3v) is 7.81. The number of aryl methyl sites for hydroxylation is 2. The molecule has 0 aliphatic heterocycles. The second kappa shape index (κ2) is 8.45. The maximum Gasteiger partial charge on any atom is 0.279 e. The number of nitrogens with one attached hydrogen (secondary N) is 2. The standard InChI is InChI=1S/C20H24N2O4S2/c1-13-3-6-16(7-4-13)28(25,26)10-9-19(23)21-22-20(24)18-12-15-11-14(2)5-8-17(15)27-18/h3-4,6-7,12,14H,5,8-11H2,1-2H3,(H,21,23)(H,22,24)/t14-/m0/s1. The maximum atomic E-state index is 12.3. The summed E-state index contributed by atoms with van der Waals surface area (Å²) in [7, 11) is -3.54. The van der Waals surface area contributed by atoms with Gasteiger partial charge in [0, 0.05) is 11.3 Å². The number of hydrazine groups is 1. The van der Waals surface area contributed by atoms with Crippen molar-refractivity contribution >= 4 is 33.0 Å². The number of carbonyl (C=O) groups is 2. The van der Waals surface area contributed by atoms with Crippen molar-refractivity contribution in [3.63, 3.8) is 0 Å². The topological polar surface area (TPSA) is 92.3 Å². The lowest BCUT2D eigenvalue weighted by atomic mass is 9.90. The summed E-state index contributed by atoms with van der Waals surface area (Å²) in [5.74, 6) is -0.614. The SMILES string of the molecule is Cc1ccc(S(=O)(=O)CCC(=O)NNC(=O)c2cc3c(s2)CC[C@H](C)C3)cc1. The van der Waals surface area contributed by atoms with Crippen LogP contribution in [-0.4, -0.2) is 26.0 Å². The van der Waals surface area contributed by atoms with Crippen LogP contribution in [0.5, 0.6) is 0 Å². The van der Waals surface area contributed by atoms with E-state index < -0.39 is 15.7 Å². The van der Waals surface area contributed by atoms with Gasteiger partial charge in [-0.15, -0.1) is 11.3 Å². The van der Waals surface area contributed by atoms with Crippen molar-refractivity contribution in [1.82, 2.24) is 10.9 Å². The predicted octanol–water partition coefficient (Wildman–Crippen LogP) is 2.81. The van der Waals surface area contributed by atoms with Crippen LogP contribution in [0.2, 0.25) is 0 Å². The maximum absolute atomic E-state index is 12.3. The fourth-order valence-electron chi connectivity index (χ4n) is 3.16. The Balaban J connectivity index is 1.50. The zero-order chi connectivity index (χ0) is 20.3. The zero-order valence-corrected chi connectivity index (χ0v) is 17.6. The number of hydrogen-bond donors (Lipinski definition) is 2. The number of sulfone groups is 1. The first-order valence-electron chi connectivity index (χ1n) is 9.25. The van der Waals surface area contributed by atoms with E-state index in [0.29, 0.717) is 10.8 Å².